The molecular formula is C17H25NO4. The first kappa shape index (κ1) is 16.8. The van der Waals surface area contributed by atoms with Crippen molar-refractivity contribution in [2.45, 2.75) is 32.3 Å². The number of ether oxygens (including phenoxy) is 1. The van der Waals surface area contributed by atoms with Crippen molar-refractivity contribution in [3.63, 3.8) is 0 Å². The monoisotopic (exact) mass is 307 g/mol. The molecule has 22 heavy (non-hydrogen) atoms. The van der Waals surface area contributed by atoms with Crippen molar-refractivity contribution in [1.29, 1.82) is 0 Å². The Morgan fingerprint density at radius 3 is 2.82 bits per heavy atom. The summed E-state index contributed by atoms with van der Waals surface area (Å²) in [6.07, 6.45) is -0.240. The van der Waals surface area contributed by atoms with Crippen molar-refractivity contribution in [3.05, 3.63) is 29.8 Å². The molecule has 1 heterocycles. The molecule has 1 fully saturated rings. The van der Waals surface area contributed by atoms with E-state index < -0.39 is 18.0 Å². The predicted molar refractivity (Wildman–Crippen MR) is 84.2 cm³/mol. The number of aliphatic hydroxyl groups excluding tert-OH is 1. The van der Waals surface area contributed by atoms with Crippen LogP contribution in [0, 0.1) is 5.92 Å². The van der Waals surface area contributed by atoms with Crippen LogP contribution >= 0.6 is 0 Å². The topological polar surface area (TPSA) is 70.0 Å². The second-order valence-corrected chi connectivity index (χ2v) is 6.14. The summed E-state index contributed by atoms with van der Waals surface area (Å²) in [5, 5.41) is 18.8. The van der Waals surface area contributed by atoms with Crippen LogP contribution in [-0.2, 0) is 4.79 Å². The first-order valence-corrected chi connectivity index (χ1v) is 7.84. The summed E-state index contributed by atoms with van der Waals surface area (Å²) in [5.74, 6) is -0.331. The maximum Gasteiger partial charge on any atom is 0.310 e. The van der Waals surface area contributed by atoms with E-state index in [2.05, 4.69) is 19.9 Å². The number of likely N-dealkylation sites (tertiary alicyclic amines) is 1. The van der Waals surface area contributed by atoms with Crippen molar-refractivity contribution in [2.24, 2.45) is 5.92 Å². The first-order valence-electron chi connectivity index (χ1n) is 7.84. The van der Waals surface area contributed by atoms with Gasteiger partial charge in [0.05, 0.1) is 12.0 Å². The Labute approximate surface area is 131 Å². The molecule has 0 radical (unpaired) electrons. The molecule has 0 bridgehead atoms. The Hall–Kier alpha value is -1.59. The number of para-hydroxylation sites is 1. The van der Waals surface area contributed by atoms with Crippen molar-refractivity contribution >= 4 is 5.97 Å². The van der Waals surface area contributed by atoms with Gasteiger partial charge < -0.3 is 14.9 Å². The second kappa shape index (κ2) is 7.61. The van der Waals surface area contributed by atoms with Crippen LogP contribution in [0.2, 0.25) is 0 Å². The number of rotatable bonds is 6. The van der Waals surface area contributed by atoms with Gasteiger partial charge in [0.25, 0.3) is 0 Å². The molecule has 0 spiro atoms. The fraction of sp³-hybridized carbons (Fsp3) is 0.588. The summed E-state index contributed by atoms with van der Waals surface area (Å²) in [5.41, 5.74) is 1.18. The van der Waals surface area contributed by atoms with Gasteiger partial charge in [0, 0.05) is 19.6 Å². The summed E-state index contributed by atoms with van der Waals surface area (Å²) in [6.45, 7) is 6.54. The predicted octanol–water partition coefficient (Wildman–Crippen LogP) is 1.96. The van der Waals surface area contributed by atoms with E-state index in [1.54, 1.807) is 0 Å². The third kappa shape index (κ3) is 4.21. The molecule has 1 aliphatic rings. The summed E-state index contributed by atoms with van der Waals surface area (Å²) in [4.78, 5) is 13.2. The zero-order chi connectivity index (χ0) is 16.1. The number of carbonyl (C=O) groups is 1. The SMILES string of the molecule is CC(C)c1ccccc1OCCN1CC[C@H](O)[C@@H](C(=O)O)C1. The average Bonchev–Trinajstić information content (AvgIpc) is 2.49. The van der Waals surface area contributed by atoms with Gasteiger partial charge >= 0.3 is 5.97 Å². The van der Waals surface area contributed by atoms with E-state index in [4.69, 9.17) is 9.84 Å². The number of hydrogen-bond donors (Lipinski definition) is 2. The highest BCUT2D eigenvalue weighted by Crippen LogP contribution is 2.26. The molecule has 2 N–H and O–H groups in total. The number of hydrogen-bond acceptors (Lipinski definition) is 4. The molecule has 1 aliphatic heterocycles. The molecule has 0 saturated carbocycles. The maximum atomic E-state index is 11.1. The van der Waals surface area contributed by atoms with Crippen molar-refractivity contribution in [1.82, 2.24) is 4.90 Å². The van der Waals surface area contributed by atoms with Crippen LogP contribution in [0.1, 0.15) is 31.7 Å². The molecule has 122 valence electrons. The van der Waals surface area contributed by atoms with Gasteiger partial charge in [0.2, 0.25) is 0 Å². The van der Waals surface area contributed by atoms with Gasteiger partial charge in [-0.25, -0.2) is 0 Å². The number of piperidine rings is 1. The van der Waals surface area contributed by atoms with E-state index in [1.165, 1.54) is 5.56 Å². The minimum absolute atomic E-state index is 0.381. The minimum Gasteiger partial charge on any atom is -0.492 e. The summed E-state index contributed by atoms with van der Waals surface area (Å²) >= 11 is 0. The van der Waals surface area contributed by atoms with Crippen LogP contribution in [0.3, 0.4) is 0 Å². The van der Waals surface area contributed by atoms with E-state index in [-0.39, 0.29) is 0 Å². The fourth-order valence-electron chi connectivity index (χ4n) is 2.83. The molecule has 2 atom stereocenters. The highest BCUT2D eigenvalue weighted by Gasteiger charge is 2.32. The maximum absolute atomic E-state index is 11.1. The molecular weight excluding hydrogens is 282 g/mol. The van der Waals surface area contributed by atoms with Crippen LogP contribution < -0.4 is 4.74 Å². The molecule has 5 heteroatoms. The molecule has 1 aromatic carbocycles. The van der Waals surface area contributed by atoms with Gasteiger partial charge in [-0.1, -0.05) is 32.0 Å². The highest BCUT2D eigenvalue weighted by atomic mass is 16.5. The number of nitrogens with zero attached hydrogens (tertiary/aromatic N) is 1. The number of carboxylic acid groups (broad SMARTS) is 1. The van der Waals surface area contributed by atoms with Crippen LogP contribution in [0.5, 0.6) is 5.75 Å². The van der Waals surface area contributed by atoms with Gasteiger partial charge in [0.15, 0.2) is 0 Å². The average molecular weight is 307 g/mol. The molecule has 1 saturated heterocycles. The standard InChI is InChI=1S/C17H25NO4/c1-12(2)13-5-3-4-6-16(13)22-10-9-18-8-7-15(19)14(11-18)17(20)21/h3-6,12,14-15,19H,7-11H2,1-2H3,(H,20,21)/t14-,15-/m0/s1. The number of carboxylic acids is 1. The lowest BCUT2D eigenvalue weighted by molar-refractivity contribution is -0.148. The molecule has 0 aliphatic carbocycles. The van der Waals surface area contributed by atoms with Crippen molar-refractivity contribution < 1.29 is 19.7 Å². The zero-order valence-electron chi connectivity index (χ0n) is 13.2. The van der Waals surface area contributed by atoms with Crippen LogP contribution in [0.15, 0.2) is 24.3 Å². The van der Waals surface area contributed by atoms with Crippen molar-refractivity contribution in [2.75, 3.05) is 26.2 Å². The molecule has 5 nitrogen and oxygen atoms in total. The van der Waals surface area contributed by atoms with Gasteiger partial charge in [-0.2, -0.15) is 0 Å². The molecule has 2 rings (SSSR count). The normalized spacial score (nSPS) is 22.7. The number of aliphatic carboxylic acids is 1. The highest BCUT2D eigenvalue weighted by molar-refractivity contribution is 5.71. The lowest BCUT2D eigenvalue weighted by Crippen LogP contribution is -2.47. The summed E-state index contributed by atoms with van der Waals surface area (Å²) in [7, 11) is 0. The van der Waals surface area contributed by atoms with E-state index in [0.29, 0.717) is 38.6 Å². The van der Waals surface area contributed by atoms with Gasteiger partial charge in [-0.05, 0) is 24.0 Å². The van der Waals surface area contributed by atoms with Gasteiger partial charge in [-0.15, -0.1) is 0 Å². The van der Waals surface area contributed by atoms with Crippen LogP contribution in [-0.4, -0.2) is 53.4 Å². The van der Waals surface area contributed by atoms with Gasteiger partial charge in [-0.3, -0.25) is 9.69 Å². The van der Waals surface area contributed by atoms with Crippen LogP contribution in [0.4, 0.5) is 0 Å². The third-order valence-corrected chi connectivity index (χ3v) is 4.18. The van der Waals surface area contributed by atoms with Crippen LogP contribution in [0.25, 0.3) is 0 Å². The molecule has 1 aromatic rings. The molecule has 0 amide bonds. The van der Waals surface area contributed by atoms with E-state index in [0.717, 1.165) is 5.75 Å². The Kier molecular flexibility index (Phi) is 5.80. The molecule has 0 aromatic heterocycles. The van der Waals surface area contributed by atoms with E-state index in [1.807, 2.05) is 23.1 Å². The Morgan fingerprint density at radius 1 is 1.41 bits per heavy atom. The fourth-order valence-corrected chi connectivity index (χ4v) is 2.83. The van der Waals surface area contributed by atoms with E-state index in [9.17, 15) is 9.90 Å². The van der Waals surface area contributed by atoms with Crippen molar-refractivity contribution in [3.8, 4) is 5.75 Å². The lowest BCUT2D eigenvalue weighted by Gasteiger charge is -2.33. The van der Waals surface area contributed by atoms with E-state index >= 15 is 0 Å². The summed E-state index contributed by atoms with van der Waals surface area (Å²) < 4.78 is 5.87. The quantitative estimate of drug-likeness (QED) is 0.841. The minimum atomic E-state index is -0.928. The largest absolute Gasteiger partial charge is 0.492 e. The smallest absolute Gasteiger partial charge is 0.310 e. The number of benzene rings is 1. The Balaban J connectivity index is 1.85. The molecule has 0 unspecified atom stereocenters. The zero-order valence-corrected chi connectivity index (χ0v) is 13.2. The first-order chi connectivity index (χ1) is 10.5. The van der Waals surface area contributed by atoms with Gasteiger partial charge in [0.1, 0.15) is 12.4 Å². The Morgan fingerprint density at radius 2 is 2.14 bits per heavy atom. The number of aliphatic hydroxyl groups is 1. The summed E-state index contributed by atoms with van der Waals surface area (Å²) in [6, 6.07) is 8.00. The third-order valence-electron chi connectivity index (χ3n) is 4.18. The lowest BCUT2D eigenvalue weighted by atomic mass is 9.95. The Bertz CT molecular complexity index is 503. The second-order valence-electron chi connectivity index (χ2n) is 6.14.